The Labute approximate surface area is 161 Å². The van der Waals surface area contributed by atoms with Crippen molar-refractivity contribution in [3.63, 3.8) is 0 Å². The first kappa shape index (κ1) is 18.2. The maximum absolute atomic E-state index is 12.2. The number of aromatic nitrogens is 2. The van der Waals surface area contributed by atoms with Gasteiger partial charge in [0.25, 0.3) is 5.91 Å². The molecule has 0 aliphatic rings. The van der Waals surface area contributed by atoms with Crippen molar-refractivity contribution in [2.24, 2.45) is 5.10 Å². The quantitative estimate of drug-likeness (QED) is 0.527. The summed E-state index contributed by atoms with van der Waals surface area (Å²) in [5.41, 5.74) is 5.97. The number of halogens is 2. The first-order valence-electron chi connectivity index (χ1n) is 7.87. The van der Waals surface area contributed by atoms with E-state index in [4.69, 9.17) is 23.2 Å². The van der Waals surface area contributed by atoms with E-state index in [1.54, 1.807) is 16.8 Å². The zero-order valence-electron chi connectivity index (χ0n) is 14.2. The van der Waals surface area contributed by atoms with Crippen LogP contribution in [-0.2, 0) is 0 Å². The molecule has 132 valence electrons. The van der Waals surface area contributed by atoms with Crippen LogP contribution in [0.5, 0.6) is 0 Å². The van der Waals surface area contributed by atoms with Gasteiger partial charge in [-0.25, -0.2) is 10.1 Å². The Hall–Kier alpha value is -2.63. The van der Waals surface area contributed by atoms with E-state index in [0.29, 0.717) is 27.0 Å². The lowest BCUT2D eigenvalue weighted by Crippen LogP contribution is -2.18. The second-order valence-electron chi connectivity index (χ2n) is 5.72. The van der Waals surface area contributed by atoms with Gasteiger partial charge in [0.05, 0.1) is 33.7 Å². The Morgan fingerprint density at radius 1 is 1.15 bits per heavy atom. The fourth-order valence-electron chi connectivity index (χ4n) is 2.42. The van der Waals surface area contributed by atoms with Crippen molar-refractivity contribution < 1.29 is 4.79 Å². The van der Waals surface area contributed by atoms with Crippen LogP contribution in [0.3, 0.4) is 0 Å². The Balaban J connectivity index is 1.79. The number of aryl methyl sites for hydroxylation is 2. The van der Waals surface area contributed by atoms with Gasteiger partial charge in [0.2, 0.25) is 0 Å². The van der Waals surface area contributed by atoms with E-state index >= 15 is 0 Å². The smallest absolute Gasteiger partial charge is 0.267 e. The Morgan fingerprint density at radius 2 is 1.88 bits per heavy atom. The van der Waals surface area contributed by atoms with E-state index in [-0.39, 0.29) is 0 Å². The van der Waals surface area contributed by atoms with Crippen molar-refractivity contribution in [2.45, 2.75) is 13.8 Å². The number of amides is 1. The molecular weight excluding hydrogens is 371 g/mol. The number of hydrazone groups is 1. The van der Waals surface area contributed by atoms with E-state index in [2.05, 4.69) is 15.6 Å². The van der Waals surface area contributed by atoms with E-state index in [0.717, 1.165) is 11.3 Å². The lowest BCUT2D eigenvalue weighted by Gasteiger charge is -2.03. The molecule has 0 bridgehead atoms. The molecule has 2 aromatic carbocycles. The first-order chi connectivity index (χ1) is 12.5. The number of nitrogens with one attached hydrogen (secondary N) is 1. The molecule has 0 aliphatic carbocycles. The van der Waals surface area contributed by atoms with Crippen molar-refractivity contribution in [3.8, 4) is 5.69 Å². The van der Waals surface area contributed by atoms with Crippen molar-refractivity contribution in [1.82, 2.24) is 15.2 Å². The molecule has 3 rings (SSSR count). The number of hydrogen-bond acceptors (Lipinski definition) is 3. The van der Waals surface area contributed by atoms with Crippen LogP contribution in [0, 0.1) is 13.8 Å². The van der Waals surface area contributed by atoms with Crippen LogP contribution >= 0.6 is 23.2 Å². The molecular formula is C19H16Cl2N4O. The second-order valence-corrected chi connectivity index (χ2v) is 6.48. The third kappa shape index (κ3) is 3.79. The summed E-state index contributed by atoms with van der Waals surface area (Å²) in [6, 6.07) is 14.7. The van der Waals surface area contributed by atoms with Crippen LogP contribution in [0.4, 0.5) is 0 Å². The molecule has 0 radical (unpaired) electrons. The summed E-state index contributed by atoms with van der Waals surface area (Å²) in [7, 11) is 0. The van der Waals surface area contributed by atoms with Gasteiger partial charge in [-0.15, -0.1) is 0 Å². The van der Waals surface area contributed by atoms with Crippen molar-refractivity contribution in [3.05, 3.63) is 81.1 Å². The van der Waals surface area contributed by atoms with Gasteiger partial charge in [-0.1, -0.05) is 47.5 Å². The molecule has 0 unspecified atom stereocenters. The molecule has 0 atom stereocenters. The third-order valence-electron chi connectivity index (χ3n) is 3.78. The third-order valence-corrected chi connectivity index (χ3v) is 4.45. The number of rotatable bonds is 4. The Kier molecular flexibility index (Phi) is 5.40. The normalized spacial score (nSPS) is 11.1. The zero-order chi connectivity index (χ0) is 18.7. The minimum atomic E-state index is -0.393. The monoisotopic (exact) mass is 386 g/mol. The highest BCUT2D eigenvalue weighted by molar-refractivity contribution is 6.34. The fourth-order valence-corrected chi connectivity index (χ4v) is 3.06. The molecule has 7 heteroatoms. The SMILES string of the molecule is Cc1ccc(C(=O)N/N=C/c2c(C)nn(-c3ccccc3)c2Cl)c(Cl)c1. The molecule has 0 saturated heterocycles. The predicted molar refractivity (Wildman–Crippen MR) is 105 cm³/mol. The summed E-state index contributed by atoms with van der Waals surface area (Å²) in [5.74, 6) is -0.393. The highest BCUT2D eigenvalue weighted by Gasteiger charge is 2.13. The van der Waals surface area contributed by atoms with Gasteiger partial charge in [0.15, 0.2) is 0 Å². The minimum absolute atomic E-state index is 0.359. The highest BCUT2D eigenvalue weighted by Crippen LogP contribution is 2.22. The van der Waals surface area contributed by atoms with Crippen LogP contribution in [0.15, 0.2) is 53.6 Å². The average molecular weight is 387 g/mol. The first-order valence-corrected chi connectivity index (χ1v) is 8.63. The average Bonchev–Trinajstić information content (AvgIpc) is 2.90. The van der Waals surface area contributed by atoms with Gasteiger partial charge < -0.3 is 0 Å². The van der Waals surface area contributed by atoms with Crippen LogP contribution in [0.2, 0.25) is 10.2 Å². The number of hydrogen-bond donors (Lipinski definition) is 1. The summed E-state index contributed by atoms with van der Waals surface area (Å²) in [6.07, 6.45) is 1.48. The number of nitrogens with zero attached hydrogens (tertiary/aromatic N) is 3. The van der Waals surface area contributed by atoms with Gasteiger partial charge in [0, 0.05) is 0 Å². The van der Waals surface area contributed by atoms with Crippen LogP contribution in [0.25, 0.3) is 5.69 Å². The van der Waals surface area contributed by atoms with E-state index in [1.165, 1.54) is 6.21 Å². The summed E-state index contributed by atoms with van der Waals surface area (Å²) in [5, 5.41) is 9.20. The topological polar surface area (TPSA) is 59.3 Å². The van der Waals surface area contributed by atoms with Gasteiger partial charge in [-0.05, 0) is 43.7 Å². The minimum Gasteiger partial charge on any atom is -0.267 e. The van der Waals surface area contributed by atoms with Crippen LogP contribution in [0.1, 0.15) is 27.2 Å². The number of carbonyl (C=O) groups excluding carboxylic acids is 1. The van der Waals surface area contributed by atoms with E-state index < -0.39 is 5.91 Å². The van der Waals surface area contributed by atoms with Crippen molar-refractivity contribution in [2.75, 3.05) is 0 Å². The lowest BCUT2D eigenvalue weighted by molar-refractivity contribution is 0.0955. The molecule has 0 saturated carbocycles. The van der Waals surface area contributed by atoms with Crippen LogP contribution < -0.4 is 5.43 Å². The van der Waals surface area contributed by atoms with Crippen LogP contribution in [-0.4, -0.2) is 21.9 Å². The molecule has 3 aromatic rings. The standard InChI is InChI=1S/C19H16Cl2N4O/c1-12-8-9-15(17(20)10-12)19(26)23-22-11-16-13(2)24-25(18(16)21)14-6-4-3-5-7-14/h3-11H,1-2H3,(H,23,26)/b22-11+. The highest BCUT2D eigenvalue weighted by atomic mass is 35.5. The fraction of sp³-hybridized carbons (Fsp3) is 0.105. The summed E-state index contributed by atoms with van der Waals surface area (Å²) in [6.45, 7) is 3.73. The molecule has 26 heavy (non-hydrogen) atoms. The van der Waals surface area contributed by atoms with Crippen molar-refractivity contribution in [1.29, 1.82) is 0 Å². The van der Waals surface area contributed by atoms with E-state index in [1.807, 2.05) is 50.2 Å². The number of benzene rings is 2. The maximum Gasteiger partial charge on any atom is 0.272 e. The molecule has 1 aromatic heterocycles. The van der Waals surface area contributed by atoms with Crippen molar-refractivity contribution >= 4 is 35.3 Å². The maximum atomic E-state index is 12.2. The molecule has 0 spiro atoms. The second kappa shape index (κ2) is 7.72. The molecule has 1 N–H and O–H groups in total. The molecule has 5 nitrogen and oxygen atoms in total. The number of para-hydroxylation sites is 1. The van der Waals surface area contributed by atoms with Gasteiger partial charge in [-0.2, -0.15) is 10.2 Å². The molecule has 1 heterocycles. The Morgan fingerprint density at radius 3 is 2.58 bits per heavy atom. The molecule has 0 aliphatic heterocycles. The van der Waals surface area contributed by atoms with E-state index in [9.17, 15) is 4.79 Å². The van der Waals surface area contributed by atoms with Gasteiger partial charge >= 0.3 is 0 Å². The summed E-state index contributed by atoms with van der Waals surface area (Å²) < 4.78 is 1.62. The summed E-state index contributed by atoms with van der Waals surface area (Å²) in [4.78, 5) is 12.2. The predicted octanol–water partition coefficient (Wildman–Crippen LogP) is 4.56. The molecule has 0 fully saturated rings. The molecule has 1 amide bonds. The largest absolute Gasteiger partial charge is 0.272 e. The van der Waals surface area contributed by atoms with Gasteiger partial charge in [-0.3, -0.25) is 4.79 Å². The zero-order valence-corrected chi connectivity index (χ0v) is 15.7. The number of carbonyl (C=O) groups is 1. The lowest BCUT2D eigenvalue weighted by atomic mass is 10.1. The Bertz CT molecular complexity index is 981. The van der Waals surface area contributed by atoms with Gasteiger partial charge in [0.1, 0.15) is 5.15 Å². The summed E-state index contributed by atoms with van der Waals surface area (Å²) >= 11 is 12.5.